The molecule has 0 bridgehead atoms. The number of benzene rings is 4. The van der Waals surface area contributed by atoms with E-state index in [2.05, 4.69) is 60.7 Å². The van der Waals surface area contributed by atoms with Gasteiger partial charge in [0.2, 0.25) is 0 Å². The molecule has 0 aliphatic heterocycles. The van der Waals surface area contributed by atoms with Gasteiger partial charge in [0.05, 0.1) is 0 Å². The summed E-state index contributed by atoms with van der Waals surface area (Å²) in [5.74, 6) is 0.543. The number of hydrogen-bond donors (Lipinski definition) is 2. The summed E-state index contributed by atoms with van der Waals surface area (Å²) >= 11 is 0. The largest absolute Gasteiger partial charge is 0.398 e. The molecule has 0 radical (unpaired) electrons. The van der Waals surface area contributed by atoms with Crippen LogP contribution in [0.4, 0.5) is 5.69 Å². The van der Waals surface area contributed by atoms with Crippen molar-refractivity contribution in [2.75, 3.05) is 5.73 Å². The minimum absolute atomic E-state index is 0.501. The summed E-state index contributed by atoms with van der Waals surface area (Å²) in [6.07, 6.45) is 3.39. The second-order valence-corrected chi connectivity index (χ2v) is 7.69. The van der Waals surface area contributed by atoms with Crippen molar-refractivity contribution in [2.45, 2.75) is 31.7 Å². The van der Waals surface area contributed by atoms with Crippen LogP contribution in [0.1, 0.15) is 34.6 Å². The fourth-order valence-electron chi connectivity index (χ4n) is 4.71. The highest BCUT2D eigenvalue weighted by molar-refractivity contribution is 6.08. The van der Waals surface area contributed by atoms with Gasteiger partial charge >= 0.3 is 0 Å². The Morgan fingerprint density at radius 2 is 1.70 bits per heavy atom. The molecule has 4 aromatic rings. The van der Waals surface area contributed by atoms with Gasteiger partial charge in [-0.2, -0.15) is 0 Å². The van der Waals surface area contributed by atoms with E-state index in [0.717, 1.165) is 24.1 Å². The molecular weight excluding hydrogens is 328 g/mol. The molecule has 4 N–H and O–H groups in total. The summed E-state index contributed by atoms with van der Waals surface area (Å²) in [4.78, 5) is 0. The first-order chi connectivity index (χ1) is 13.2. The summed E-state index contributed by atoms with van der Waals surface area (Å²) < 4.78 is 0. The van der Waals surface area contributed by atoms with Crippen LogP contribution in [0.25, 0.3) is 21.5 Å². The number of hydrogen-bond acceptors (Lipinski definition) is 2. The van der Waals surface area contributed by atoms with Gasteiger partial charge in [0, 0.05) is 12.2 Å². The topological polar surface area (TPSA) is 52.0 Å². The third-order valence-electron chi connectivity index (χ3n) is 6.20. The molecule has 0 aromatic heterocycles. The van der Waals surface area contributed by atoms with E-state index in [-0.39, 0.29) is 0 Å². The maximum atomic E-state index is 6.03. The normalized spacial score (nSPS) is 16.6. The molecule has 2 heteroatoms. The van der Waals surface area contributed by atoms with Crippen LogP contribution in [0.2, 0.25) is 0 Å². The monoisotopic (exact) mass is 352 g/mol. The van der Waals surface area contributed by atoms with Crippen molar-refractivity contribution in [1.29, 1.82) is 0 Å². The zero-order valence-corrected chi connectivity index (χ0v) is 15.4. The average molecular weight is 352 g/mol. The van der Waals surface area contributed by atoms with Crippen molar-refractivity contribution in [2.24, 2.45) is 5.73 Å². The van der Waals surface area contributed by atoms with Crippen LogP contribution >= 0.6 is 0 Å². The lowest BCUT2D eigenvalue weighted by Gasteiger charge is -2.27. The highest BCUT2D eigenvalue weighted by Crippen LogP contribution is 2.38. The van der Waals surface area contributed by atoms with Crippen LogP contribution in [0.15, 0.2) is 66.7 Å². The van der Waals surface area contributed by atoms with Crippen molar-refractivity contribution < 1.29 is 0 Å². The summed E-state index contributed by atoms with van der Waals surface area (Å²) in [6, 6.07) is 24.3. The van der Waals surface area contributed by atoms with Crippen molar-refractivity contribution in [1.82, 2.24) is 0 Å². The van der Waals surface area contributed by atoms with E-state index < -0.39 is 0 Å². The second kappa shape index (κ2) is 6.40. The Bertz CT molecular complexity index is 1160. The van der Waals surface area contributed by atoms with E-state index in [1.165, 1.54) is 44.7 Å². The molecule has 0 heterocycles. The van der Waals surface area contributed by atoms with Crippen LogP contribution in [-0.2, 0) is 19.4 Å². The smallest absolute Gasteiger partial charge is 0.0359 e. The van der Waals surface area contributed by atoms with Gasteiger partial charge in [0.25, 0.3) is 0 Å². The van der Waals surface area contributed by atoms with E-state index in [1.807, 2.05) is 6.07 Å². The Morgan fingerprint density at radius 1 is 0.852 bits per heavy atom. The second-order valence-electron chi connectivity index (χ2n) is 7.69. The molecule has 1 unspecified atom stereocenters. The number of anilines is 1. The van der Waals surface area contributed by atoms with E-state index in [0.29, 0.717) is 12.5 Å². The maximum Gasteiger partial charge on any atom is 0.0359 e. The Labute approximate surface area is 159 Å². The van der Waals surface area contributed by atoms with Crippen LogP contribution in [0, 0.1) is 0 Å². The minimum Gasteiger partial charge on any atom is -0.398 e. The first kappa shape index (κ1) is 16.3. The third kappa shape index (κ3) is 2.68. The standard InChI is InChI=1S/C25H24N2/c26-15-20-14-18(8-12-25(20)27)17-6-9-22-19(13-17)7-11-23-21-4-2-1-3-16(21)5-10-24(22)23/h1-5,7-8,10-12,14,17H,6,9,13,15,26-27H2. The van der Waals surface area contributed by atoms with E-state index in [9.17, 15) is 0 Å². The van der Waals surface area contributed by atoms with E-state index in [4.69, 9.17) is 11.5 Å². The van der Waals surface area contributed by atoms with E-state index >= 15 is 0 Å². The number of aryl methyl sites for hydroxylation is 1. The predicted octanol–water partition coefficient (Wildman–Crippen LogP) is 5.31. The molecule has 4 aromatic carbocycles. The van der Waals surface area contributed by atoms with Gasteiger partial charge in [-0.3, -0.25) is 0 Å². The lowest BCUT2D eigenvalue weighted by Crippen LogP contribution is -2.14. The van der Waals surface area contributed by atoms with Crippen LogP contribution in [-0.4, -0.2) is 0 Å². The molecule has 0 saturated heterocycles. The number of fused-ring (bicyclic) bond motifs is 5. The highest BCUT2D eigenvalue weighted by Gasteiger charge is 2.22. The molecule has 1 atom stereocenters. The molecule has 134 valence electrons. The highest BCUT2D eigenvalue weighted by atomic mass is 14.6. The molecule has 0 fully saturated rings. The number of rotatable bonds is 2. The minimum atomic E-state index is 0.501. The van der Waals surface area contributed by atoms with Gasteiger partial charge in [0.1, 0.15) is 0 Å². The third-order valence-corrected chi connectivity index (χ3v) is 6.20. The van der Waals surface area contributed by atoms with Crippen molar-refractivity contribution >= 4 is 27.2 Å². The van der Waals surface area contributed by atoms with Gasteiger partial charge in [-0.05, 0) is 75.0 Å². The van der Waals surface area contributed by atoms with Crippen molar-refractivity contribution in [3.8, 4) is 0 Å². The molecule has 1 aliphatic rings. The Kier molecular flexibility index (Phi) is 3.87. The van der Waals surface area contributed by atoms with Crippen molar-refractivity contribution in [3.63, 3.8) is 0 Å². The first-order valence-electron chi connectivity index (χ1n) is 9.75. The zero-order chi connectivity index (χ0) is 18.4. The molecular formula is C25H24N2. The van der Waals surface area contributed by atoms with Crippen LogP contribution < -0.4 is 11.5 Å². The van der Waals surface area contributed by atoms with Gasteiger partial charge in [-0.25, -0.2) is 0 Å². The van der Waals surface area contributed by atoms with Gasteiger partial charge in [0.15, 0.2) is 0 Å². The Balaban J connectivity index is 1.57. The molecule has 0 amide bonds. The summed E-state index contributed by atoms with van der Waals surface area (Å²) in [5.41, 5.74) is 18.1. The average Bonchev–Trinajstić information content (AvgIpc) is 2.73. The molecule has 2 nitrogen and oxygen atoms in total. The summed E-state index contributed by atoms with van der Waals surface area (Å²) in [7, 11) is 0. The number of nitrogens with two attached hydrogens (primary N) is 2. The lowest BCUT2D eigenvalue weighted by atomic mass is 9.78. The predicted molar refractivity (Wildman–Crippen MR) is 115 cm³/mol. The molecule has 1 aliphatic carbocycles. The molecule has 0 spiro atoms. The quantitative estimate of drug-likeness (QED) is 0.379. The summed E-state index contributed by atoms with van der Waals surface area (Å²) in [5, 5.41) is 5.47. The maximum absolute atomic E-state index is 6.03. The van der Waals surface area contributed by atoms with Gasteiger partial charge in [-0.15, -0.1) is 0 Å². The summed E-state index contributed by atoms with van der Waals surface area (Å²) in [6.45, 7) is 0.501. The Morgan fingerprint density at radius 3 is 2.59 bits per heavy atom. The fourth-order valence-corrected chi connectivity index (χ4v) is 4.71. The Hall–Kier alpha value is -2.84. The van der Waals surface area contributed by atoms with Crippen molar-refractivity contribution in [3.05, 3.63) is 89.0 Å². The van der Waals surface area contributed by atoms with Crippen LogP contribution in [0.3, 0.4) is 0 Å². The SMILES string of the molecule is NCc1cc(C2CCc3c(ccc4c3ccc3ccccc34)C2)ccc1N. The van der Waals surface area contributed by atoms with Gasteiger partial charge < -0.3 is 11.5 Å². The molecule has 0 saturated carbocycles. The van der Waals surface area contributed by atoms with Crippen LogP contribution in [0.5, 0.6) is 0 Å². The number of nitrogen functional groups attached to an aromatic ring is 1. The van der Waals surface area contributed by atoms with E-state index in [1.54, 1.807) is 0 Å². The zero-order valence-electron chi connectivity index (χ0n) is 15.4. The molecule has 27 heavy (non-hydrogen) atoms. The lowest BCUT2D eigenvalue weighted by molar-refractivity contribution is 0.587. The first-order valence-corrected chi connectivity index (χ1v) is 9.75. The van der Waals surface area contributed by atoms with Gasteiger partial charge in [-0.1, -0.05) is 60.7 Å². The molecule has 5 rings (SSSR count). The fraction of sp³-hybridized carbons (Fsp3) is 0.200.